The molecule has 0 radical (unpaired) electrons. The number of ether oxygens (including phenoxy) is 3. The molecule has 6 heteroatoms. The normalized spacial score (nSPS) is 15.1. The van der Waals surface area contributed by atoms with Crippen molar-refractivity contribution in [3.8, 4) is 5.75 Å². The maximum atomic E-state index is 12.6. The minimum Gasteiger partial charge on any atom is -0.494 e. The fourth-order valence-electron chi connectivity index (χ4n) is 3.24. The van der Waals surface area contributed by atoms with Crippen LogP contribution in [-0.4, -0.2) is 44.7 Å². The minimum atomic E-state index is -0.568. The van der Waals surface area contributed by atoms with Gasteiger partial charge >= 0.3 is 11.9 Å². The molecule has 1 aromatic rings. The molecular weight excluding hydrogens is 346 g/mol. The number of allylic oxidation sites excluding steroid dienone is 2. The Morgan fingerprint density at radius 3 is 1.85 bits per heavy atom. The quantitative estimate of drug-likeness (QED) is 0.712. The number of carbonyl (C=O) groups is 2. The number of esters is 2. The summed E-state index contributed by atoms with van der Waals surface area (Å²) in [7, 11) is 4.49. The van der Waals surface area contributed by atoms with Crippen LogP contribution in [0.15, 0.2) is 46.8 Å². The van der Waals surface area contributed by atoms with Crippen molar-refractivity contribution in [3.05, 3.63) is 52.4 Å². The molecular formula is C21H27NO5. The smallest absolute Gasteiger partial charge is 0.336 e. The highest BCUT2D eigenvalue weighted by Crippen LogP contribution is 2.42. The van der Waals surface area contributed by atoms with Gasteiger partial charge in [-0.3, -0.25) is 0 Å². The van der Waals surface area contributed by atoms with Crippen molar-refractivity contribution in [1.82, 2.24) is 4.90 Å². The molecule has 0 saturated heterocycles. The maximum Gasteiger partial charge on any atom is 0.336 e. The van der Waals surface area contributed by atoms with Gasteiger partial charge in [0, 0.05) is 18.4 Å². The summed E-state index contributed by atoms with van der Waals surface area (Å²) in [6.07, 6.45) is 0.916. The molecule has 1 aromatic carbocycles. The number of carbonyl (C=O) groups excluding carboxylic acids is 2. The lowest BCUT2D eigenvalue weighted by atomic mass is 9.80. The van der Waals surface area contributed by atoms with E-state index in [0.717, 1.165) is 29.1 Å². The third-order valence-corrected chi connectivity index (χ3v) is 4.86. The summed E-state index contributed by atoms with van der Waals surface area (Å²) in [4.78, 5) is 27.0. The van der Waals surface area contributed by atoms with Crippen molar-refractivity contribution in [1.29, 1.82) is 0 Å². The predicted octanol–water partition coefficient (Wildman–Crippen LogP) is 3.40. The number of hydrogen-bond acceptors (Lipinski definition) is 6. The summed E-state index contributed by atoms with van der Waals surface area (Å²) in [5.74, 6) is -0.760. The van der Waals surface area contributed by atoms with E-state index >= 15 is 0 Å². The van der Waals surface area contributed by atoms with Gasteiger partial charge in [-0.2, -0.15) is 0 Å². The average molecular weight is 373 g/mol. The second-order valence-corrected chi connectivity index (χ2v) is 6.39. The Morgan fingerprint density at radius 2 is 1.44 bits per heavy atom. The Hall–Kier alpha value is -2.76. The summed E-state index contributed by atoms with van der Waals surface area (Å²) in [6, 6.07) is 7.43. The van der Waals surface area contributed by atoms with E-state index in [1.807, 2.05) is 57.0 Å². The number of benzene rings is 1. The molecule has 0 unspecified atom stereocenters. The van der Waals surface area contributed by atoms with Gasteiger partial charge < -0.3 is 19.1 Å². The fourth-order valence-corrected chi connectivity index (χ4v) is 3.24. The van der Waals surface area contributed by atoms with E-state index in [-0.39, 0.29) is 0 Å². The van der Waals surface area contributed by atoms with Crippen molar-refractivity contribution in [2.24, 2.45) is 0 Å². The van der Waals surface area contributed by atoms with Gasteiger partial charge in [0.05, 0.1) is 37.9 Å². The minimum absolute atomic E-state index is 0.424. The third kappa shape index (κ3) is 3.99. The molecule has 0 N–H and O–H groups in total. The first kappa shape index (κ1) is 20.6. The lowest BCUT2D eigenvalue weighted by Gasteiger charge is -2.35. The van der Waals surface area contributed by atoms with Crippen LogP contribution in [0.3, 0.4) is 0 Å². The molecule has 0 amide bonds. The van der Waals surface area contributed by atoms with E-state index in [9.17, 15) is 9.59 Å². The van der Waals surface area contributed by atoms with Crippen LogP contribution in [0.1, 0.15) is 38.7 Å². The van der Waals surface area contributed by atoms with Crippen molar-refractivity contribution in [3.63, 3.8) is 0 Å². The highest BCUT2D eigenvalue weighted by atomic mass is 16.5. The molecule has 6 nitrogen and oxygen atoms in total. The standard InChI is InChI=1S/C21H27NO5/c1-7-12-27-16-10-8-15(9-11-16)19-17(20(23)25-5)13(2)22(4)14(3)18(19)21(24)26-6/h8-11,19H,7,12H2,1-6H3. The number of hydrogen-bond donors (Lipinski definition) is 0. The van der Waals surface area contributed by atoms with Gasteiger partial charge in [0.15, 0.2) is 0 Å². The van der Waals surface area contributed by atoms with Crippen LogP contribution >= 0.6 is 0 Å². The van der Waals surface area contributed by atoms with Crippen molar-refractivity contribution < 1.29 is 23.8 Å². The molecule has 0 bridgehead atoms. The Kier molecular flexibility index (Phi) is 6.66. The molecule has 0 saturated carbocycles. The van der Waals surface area contributed by atoms with E-state index in [0.29, 0.717) is 17.8 Å². The Bertz CT molecular complexity index is 736. The summed E-state index contributed by atoms with van der Waals surface area (Å²) in [5, 5.41) is 0. The molecule has 0 aromatic heterocycles. The molecule has 2 rings (SSSR count). The van der Waals surface area contributed by atoms with Crippen molar-refractivity contribution in [2.45, 2.75) is 33.1 Å². The molecule has 0 atom stereocenters. The monoisotopic (exact) mass is 373 g/mol. The summed E-state index contributed by atoms with van der Waals surface area (Å²) >= 11 is 0. The Balaban J connectivity index is 2.60. The number of rotatable bonds is 6. The first-order valence-corrected chi connectivity index (χ1v) is 8.91. The van der Waals surface area contributed by atoms with E-state index < -0.39 is 17.9 Å². The Labute approximate surface area is 160 Å². The molecule has 1 aliphatic rings. The van der Waals surface area contributed by atoms with Crippen molar-refractivity contribution >= 4 is 11.9 Å². The van der Waals surface area contributed by atoms with Crippen molar-refractivity contribution in [2.75, 3.05) is 27.9 Å². The molecule has 1 aliphatic heterocycles. The van der Waals surface area contributed by atoms with Gasteiger partial charge in [-0.25, -0.2) is 9.59 Å². The second-order valence-electron chi connectivity index (χ2n) is 6.39. The lowest BCUT2D eigenvalue weighted by molar-refractivity contribution is -0.137. The van der Waals surface area contributed by atoms with E-state index in [4.69, 9.17) is 14.2 Å². The molecule has 0 fully saturated rings. The number of nitrogens with zero attached hydrogens (tertiary/aromatic N) is 1. The van der Waals surface area contributed by atoms with Gasteiger partial charge in [0.25, 0.3) is 0 Å². The van der Waals surface area contributed by atoms with Crippen LogP contribution in [0.25, 0.3) is 0 Å². The number of methoxy groups -OCH3 is 2. The van der Waals surface area contributed by atoms with Crippen LogP contribution in [0, 0.1) is 0 Å². The maximum absolute atomic E-state index is 12.6. The zero-order valence-corrected chi connectivity index (χ0v) is 16.8. The summed E-state index contributed by atoms with van der Waals surface area (Å²) < 4.78 is 15.7. The largest absolute Gasteiger partial charge is 0.494 e. The topological polar surface area (TPSA) is 65.1 Å². The zero-order valence-electron chi connectivity index (χ0n) is 16.8. The molecule has 146 valence electrons. The zero-order chi connectivity index (χ0) is 20.1. The fraction of sp³-hybridized carbons (Fsp3) is 0.429. The predicted molar refractivity (Wildman–Crippen MR) is 102 cm³/mol. The molecule has 1 heterocycles. The van der Waals surface area contributed by atoms with Gasteiger partial charge in [-0.15, -0.1) is 0 Å². The third-order valence-electron chi connectivity index (χ3n) is 4.86. The highest BCUT2D eigenvalue weighted by molar-refractivity contribution is 5.99. The van der Waals surface area contributed by atoms with Crippen LogP contribution in [0.4, 0.5) is 0 Å². The second kappa shape index (κ2) is 8.75. The Morgan fingerprint density at radius 1 is 0.963 bits per heavy atom. The van der Waals surface area contributed by atoms with Gasteiger partial charge in [-0.1, -0.05) is 19.1 Å². The van der Waals surface area contributed by atoms with E-state index in [2.05, 4.69) is 0 Å². The first-order valence-electron chi connectivity index (χ1n) is 8.91. The van der Waals surface area contributed by atoms with E-state index in [1.165, 1.54) is 14.2 Å². The molecule has 27 heavy (non-hydrogen) atoms. The highest BCUT2D eigenvalue weighted by Gasteiger charge is 2.39. The average Bonchev–Trinajstić information content (AvgIpc) is 2.69. The van der Waals surface area contributed by atoms with Crippen LogP contribution in [0.2, 0.25) is 0 Å². The van der Waals surface area contributed by atoms with Crippen LogP contribution in [0.5, 0.6) is 5.75 Å². The van der Waals surface area contributed by atoms with Gasteiger partial charge in [0.2, 0.25) is 0 Å². The van der Waals surface area contributed by atoms with Crippen LogP contribution in [-0.2, 0) is 19.1 Å². The molecule has 0 aliphatic carbocycles. The summed E-state index contributed by atoms with van der Waals surface area (Å²) in [6.45, 7) is 6.36. The SMILES string of the molecule is CCCOc1ccc(C2C(C(=O)OC)=C(C)N(C)C(C)=C2C(=O)OC)cc1. The van der Waals surface area contributed by atoms with Gasteiger partial charge in [-0.05, 0) is 38.0 Å². The first-order chi connectivity index (χ1) is 12.9. The van der Waals surface area contributed by atoms with Gasteiger partial charge in [0.1, 0.15) is 5.75 Å². The van der Waals surface area contributed by atoms with E-state index in [1.54, 1.807) is 0 Å². The van der Waals surface area contributed by atoms with Crippen LogP contribution < -0.4 is 4.74 Å². The summed E-state index contributed by atoms with van der Waals surface area (Å²) in [5.41, 5.74) is 3.12. The molecule has 0 spiro atoms. The lowest BCUT2D eigenvalue weighted by Crippen LogP contribution is -2.33.